The van der Waals surface area contributed by atoms with Crippen LogP contribution < -0.4 is 5.32 Å². The molecule has 2 rings (SSSR count). The van der Waals surface area contributed by atoms with E-state index in [0.717, 1.165) is 16.0 Å². The van der Waals surface area contributed by atoms with Crippen molar-refractivity contribution < 1.29 is 0 Å². The van der Waals surface area contributed by atoms with Crippen LogP contribution in [-0.4, -0.2) is 4.98 Å². The Balaban J connectivity index is 2.25. The number of thiophene rings is 1. The number of hydrogen-bond acceptors (Lipinski definition) is 3. The quantitative estimate of drug-likeness (QED) is 0.891. The molecule has 0 bridgehead atoms. The van der Waals surface area contributed by atoms with Gasteiger partial charge < -0.3 is 5.32 Å². The van der Waals surface area contributed by atoms with Crippen LogP contribution in [0.5, 0.6) is 0 Å². The van der Waals surface area contributed by atoms with Crippen molar-refractivity contribution in [3.63, 3.8) is 0 Å². The van der Waals surface area contributed by atoms with Crippen LogP contribution in [0, 0.1) is 0 Å². The molecule has 2 nitrogen and oxygen atoms in total. The smallest absolute Gasteiger partial charge is 0.144 e. The molecule has 0 aliphatic heterocycles. The van der Waals surface area contributed by atoms with Gasteiger partial charge in [-0.15, -0.1) is 0 Å². The molecule has 0 amide bonds. The minimum Gasteiger partial charge on any atom is -0.339 e. The van der Waals surface area contributed by atoms with Crippen molar-refractivity contribution >= 4 is 50.4 Å². The van der Waals surface area contributed by atoms with Crippen LogP contribution in [0.4, 0.5) is 11.5 Å². The number of nitrogens with one attached hydrogen (secondary N) is 1. The van der Waals surface area contributed by atoms with Crippen LogP contribution in [0.3, 0.4) is 0 Å². The Morgan fingerprint density at radius 2 is 2.36 bits per heavy atom. The van der Waals surface area contributed by atoms with E-state index >= 15 is 0 Å². The van der Waals surface area contributed by atoms with Crippen molar-refractivity contribution in [1.29, 1.82) is 0 Å². The molecular formula is C9H6BrClN2S. The number of hydrogen-bond donors (Lipinski definition) is 1. The Bertz CT molecular complexity index is 430. The van der Waals surface area contributed by atoms with E-state index in [9.17, 15) is 0 Å². The van der Waals surface area contributed by atoms with E-state index in [4.69, 9.17) is 11.6 Å². The van der Waals surface area contributed by atoms with E-state index < -0.39 is 0 Å². The summed E-state index contributed by atoms with van der Waals surface area (Å²) < 4.78 is 0.858. The van der Waals surface area contributed by atoms with Gasteiger partial charge in [0.15, 0.2) is 0 Å². The first-order chi connectivity index (χ1) is 6.75. The van der Waals surface area contributed by atoms with E-state index in [1.807, 2.05) is 22.9 Å². The summed E-state index contributed by atoms with van der Waals surface area (Å²) in [4.78, 5) is 4.17. The predicted octanol–water partition coefficient (Wildman–Crippen LogP) is 4.30. The average Bonchev–Trinajstić information content (AvgIpc) is 2.62. The van der Waals surface area contributed by atoms with E-state index in [2.05, 4.69) is 26.2 Å². The molecule has 5 heteroatoms. The first-order valence-electron chi connectivity index (χ1n) is 3.86. The minimum atomic E-state index is 0.618. The predicted molar refractivity (Wildman–Crippen MR) is 64.5 cm³/mol. The molecule has 1 N–H and O–H groups in total. The molecule has 0 radical (unpaired) electrons. The van der Waals surface area contributed by atoms with Crippen LogP contribution in [-0.2, 0) is 0 Å². The molecule has 2 aromatic heterocycles. The summed E-state index contributed by atoms with van der Waals surface area (Å²) in [6, 6.07) is 3.80. The lowest BCUT2D eigenvalue weighted by molar-refractivity contribution is 1.29. The molecule has 0 fully saturated rings. The third kappa shape index (κ3) is 2.26. The van der Waals surface area contributed by atoms with E-state index in [-0.39, 0.29) is 0 Å². The maximum atomic E-state index is 5.78. The summed E-state index contributed by atoms with van der Waals surface area (Å²) in [5, 5.41) is 7.81. The fourth-order valence-electron chi connectivity index (χ4n) is 0.979. The van der Waals surface area contributed by atoms with Gasteiger partial charge in [0.25, 0.3) is 0 Å². The molecule has 0 unspecified atom stereocenters. The largest absolute Gasteiger partial charge is 0.339 e. The number of pyridine rings is 1. The number of anilines is 2. The lowest BCUT2D eigenvalue weighted by atomic mass is 10.4. The van der Waals surface area contributed by atoms with Crippen molar-refractivity contribution in [1.82, 2.24) is 4.98 Å². The van der Waals surface area contributed by atoms with Gasteiger partial charge >= 0.3 is 0 Å². The lowest BCUT2D eigenvalue weighted by Gasteiger charge is -2.04. The monoisotopic (exact) mass is 288 g/mol. The van der Waals surface area contributed by atoms with Gasteiger partial charge in [-0.25, -0.2) is 4.98 Å². The zero-order valence-corrected chi connectivity index (χ0v) is 10.2. The highest BCUT2D eigenvalue weighted by Gasteiger charge is 2.02. The topological polar surface area (TPSA) is 24.9 Å². The summed E-state index contributed by atoms with van der Waals surface area (Å²) in [6.07, 6.45) is 1.61. The fraction of sp³-hybridized carbons (Fsp3) is 0. The molecule has 0 saturated heterocycles. The second-order valence-electron chi connectivity index (χ2n) is 2.62. The molecule has 0 aromatic carbocycles. The maximum absolute atomic E-state index is 5.78. The number of nitrogens with zero attached hydrogens (tertiary/aromatic N) is 1. The van der Waals surface area contributed by atoms with Gasteiger partial charge in [0.1, 0.15) is 5.82 Å². The Morgan fingerprint density at radius 3 is 3.00 bits per heavy atom. The van der Waals surface area contributed by atoms with Gasteiger partial charge in [-0.1, -0.05) is 11.6 Å². The molecular weight excluding hydrogens is 284 g/mol. The zero-order valence-electron chi connectivity index (χ0n) is 7.00. The van der Waals surface area contributed by atoms with Gasteiger partial charge in [0.05, 0.1) is 15.2 Å². The highest BCUT2D eigenvalue weighted by Crippen LogP contribution is 2.26. The number of aromatic nitrogens is 1. The van der Waals surface area contributed by atoms with Gasteiger partial charge in [0.2, 0.25) is 0 Å². The molecule has 2 heterocycles. The van der Waals surface area contributed by atoms with Crippen molar-refractivity contribution in [3.8, 4) is 0 Å². The normalized spacial score (nSPS) is 10.1. The molecule has 0 aliphatic carbocycles. The highest BCUT2D eigenvalue weighted by atomic mass is 79.9. The number of rotatable bonds is 2. The van der Waals surface area contributed by atoms with E-state index in [0.29, 0.717) is 5.02 Å². The summed E-state index contributed by atoms with van der Waals surface area (Å²) in [5.74, 6) is 0.771. The van der Waals surface area contributed by atoms with Gasteiger partial charge in [-0.3, -0.25) is 0 Å². The first kappa shape index (κ1) is 9.96. The molecule has 72 valence electrons. The van der Waals surface area contributed by atoms with Crippen LogP contribution in [0.1, 0.15) is 0 Å². The molecule has 0 atom stereocenters. The van der Waals surface area contributed by atoms with Gasteiger partial charge in [-0.05, 0) is 33.4 Å². The van der Waals surface area contributed by atoms with Gasteiger partial charge in [-0.2, -0.15) is 11.3 Å². The lowest BCUT2D eigenvalue weighted by Crippen LogP contribution is -1.92. The van der Waals surface area contributed by atoms with Crippen molar-refractivity contribution in [2.45, 2.75) is 0 Å². The van der Waals surface area contributed by atoms with Crippen LogP contribution >= 0.6 is 38.9 Å². The molecule has 0 aliphatic rings. The zero-order chi connectivity index (χ0) is 9.97. The summed E-state index contributed by atoms with van der Waals surface area (Å²) in [7, 11) is 0. The standard InChI is InChI=1S/C9H6BrClN2S/c10-8-3-6(11)4-12-9(8)13-7-1-2-14-5-7/h1-5H,(H,12,13). The molecule has 2 aromatic rings. The Kier molecular flexibility index (Phi) is 3.05. The van der Waals surface area contributed by atoms with Crippen LogP contribution in [0.2, 0.25) is 5.02 Å². The second-order valence-corrected chi connectivity index (χ2v) is 4.69. The Morgan fingerprint density at radius 1 is 1.50 bits per heavy atom. The van der Waals surface area contributed by atoms with E-state index in [1.165, 1.54) is 0 Å². The van der Waals surface area contributed by atoms with Crippen molar-refractivity contribution in [2.24, 2.45) is 0 Å². The third-order valence-corrected chi connectivity index (χ3v) is 3.09. The summed E-state index contributed by atoms with van der Waals surface area (Å²) >= 11 is 10.8. The minimum absolute atomic E-state index is 0.618. The van der Waals surface area contributed by atoms with Crippen LogP contribution in [0.25, 0.3) is 0 Å². The molecule has 14 heavy (non-hydrogen) atoms. The summed E-state index contributed by atoms with van der Waals surface area (Å²) in [5.41, 5.74) is 1.03. The van der Waals surface area contributed by atoms with E-state index in [1.54, 1.807) is 17.5 Å². The molecule has 0 spiro atoms. The first-order valence-corrected chi connectivity index (χ1v) is 5.97. The average molecular weight is 290 g/mol. The van der Waals surface area contributed by atoms with Crippen LogP contribution in [0.15, 0.2) is 33.6 Å². The Labute approximate surface area is 99.1 Å². The molecule has 0 saturated carbocycles. The fourth-order valence-corrected chi connectivity index (χ4v) is 2.30. The maximum Gasteiger partial charge on any atom is 0.144 e. The second kappa shape index (κ2) is 4.29. The van der Waals surface area contributed by atoms with Crippen molar-refractivity contribution in [3.05, 3.63) is 38.6 Å². The van der Waals surface area contributed by atoms with Gasteiger partial charge in [0, 0.05) is 11.6 Å². The summed E-state index contributed by atoms with van der Waals surface area (Å²) in [6.45, 7) is 0. The van der Waals surface area contributed by atoms with Crippen molar-refractivity contribution in [2.75, 3.05) is 5.32 Å². The SMILES string of the molecule is Clc1cnc(Nc2ccsc2)c(Br)c1. The number of halogens is 2. The third-order valence-electron chi connectivity index (χ3n) is 1.59. The Hall–Kier alpha value is -0.580. The highest BCUT2D eigenvalue weighted by molar-refractivity contribution is 9.10.